The first-order valence-corrected chi connectivity index (χ1v) is 15.3. The van der Waals surface area contributed by atoms with Gasteiger partial charge in [0, 0.05) is 17.3 Å². The maximum Gasteiger partial charge on any atom is 0.291 e. The molecule has 0 saturated carbocycles. The molecule has 0 fully saturated rings. The van der Waals surface area contributed by atoms with Gasteiger partial charge in [0.15, 0.2) is 28.9 Å². The maximum atomic E-state index is 15.0. The Hall–Kier alpha value is -5.29. The zero-order valence-corrected chi connectivity index (χ0v) is 25.8. The fourth-order valence-corrected chi connectivity index (χ4v) is 5.61. The number of hydrogen-bond acceptors (Lipinski definition) is 8. The number of ether oxygens (including phenoxy) is 3. The summed E-state index contributed by atoms with van der Waals surface area (Å²) in [5.74, 6) is 1.40. The molecule has 9 nitrogen and oxygen atoms in total. The molecule has 0 atom stereocenters. The summed E-state index contributed by atoms with van der Waals surface area (Å²) >= 11 is 1.22. The average Bonchev–Trinajstić information content (AvgIpc) is 3.75. The van der Waals surface area contributed by atoms with Crippen molar-refractivity contribution in [2.45, 2.75) is 20.3 Å². The number of fused-ring (bicyclic) bond motifs is 1. The topological polar surface area (TPSA) is 92.8 Å². The van der Waals surface area contributed by atoms with E-state index in [2.05, 4.69) is 10.1 Å². The molecule has 3 aromatic heterocycles. The Balaban J connectivity index is 1.35. The van der Waals surface area contributed by atoms with Crippen molar-refractivity contribution < 1.29 is 18.6 Å². The smallest absolute Gasteiger partial charge is 0.291 e. The molecule has 6 rings (SSSR count). The van der Waals surface area contributed by atoms with Crippen molar-refractivity contribution in [3.8, 4) is 34.2 Å². The van der Waals surface area contributed by atoms with E-state index in [1.54, 1.807) is 36.1 Å². The predicted molar refractivity (Wildman–Crippen MR) is 174 cm³/mol. The van der Waals surface area contributed by atoms with Crippen molar-refractivity contribution in [3.63, 3.8) is 0 Å². The first-order chi connectivity index (χ1) is 22.0. The highest BCUT2D eigenvalue weighted by Crippen LogP contribution is 2.30. The van der Waals surface area contributed by atoms with Crippen molar-refractivity contribution >= 4 is 34.5 Å². The molecular formula is C34H30FN5O4S. The van der Waals surface area contributed by atoms with Gasteiger partial charge in [-0.3, -0.25) is 4.79 Å². The van der Waals surface area contributed by atoms with Crippen molar-refractivity contribution in [3.05, 3.63) is 111 Å². The van der Waals surface area contributed by atoms with Crippen LogP contribution in [0.5, 0.6) is 17.2 Å². The van der Waals surface area contributed by atoms with Gasteiger partial charge in [-0.25, -0.2) is 9.07 Å². The summed E-state index contributed by atoms with van der Waals surface area (Å²) in [6.45, 7) is 4.84. The molecule has 0 unspecified atom stereocenters. The molecule has 3 aromatic carbocycles. The van der Waals surface area contributed by atoms with Crippen LogP contribution in [0.4, 0.5) is 4.39 Å². The summed E-state index contributed by atoms with van der Waals surface area (Å²) < 4.78 is 34.9. The molecule has 0 N–H and O–H groups in total. The summed E-state index contributed by atoms with van der Waals surface area (Å²) in [6, 6.07) is 20.0. The summed E-state index contributed by atoms with van der Waals surface area (Å²) in [5, 5.41) is 9.18. The third-order valence-electron chi connectivity index (χ3n) is 6.83. The number of para-hydroxylation sites is 1. The van der Waals surface area contributed by atoms with E-state index < -0.39 is 5.82 Å². The molecule has 6 aromatic rings. The van der Waals surface area contributed by atoms with E-state index in [1.807, 2.05) is 74.7 Å². The van der Waals surface area contributed by atoms with Gasteiger partial charge in [0.1, 0.15) is 5.69 Å². The minimum absolute atomic E-state index is 0.188. The molecule has 0 amide bonds. The van der Waals surface area contributed by atoms with Crippen LogP contribution < -0.4 is 24.3 Å². The van der Waals surface area contributed by atoms with Crippen molar-refractivity contribution in [2.24, 2.45) is 0 Å². The Morgan fingerprint density at radius 3 is 2.49 bits per heavy atom. The largest absolute Gasteiger partial charge is 0.493 e. The lowest BCUT2D eigenvalue weighted by molar-refractivity contribution is 0.301. The lowest BCUT2D eigenvalue weighted by Gasteiger charge is -2.09. The molecule has 11 heteroatoms. The van der Waals surface area contributed by atoms with E-state index in [1.165, 1.54) is 21.9 Å². The van der Waals surface area contributed by atoms with E-state index in [-0.39, 0.29) is 11.3 Å². The number of thiazole rings is 1. The Bertz CT molecular complexity index is 2100. The average molecular weight is 624 g/mol. The molecule has 3 heterocycles. The van der Waals surface area contributed by atoms with Gasteiger partial charge in [-0.2, -0.15) is 14.6 Å². The Labute approximate surface area is 262 Å². The number of methoxy groups -OCH3 is 1. The van der Waals surface area contributed by atoms with E-state index in [0.717, 1.165) is 17.7 Å². The van der Waals surface area contributed by atoms with Crippen LogP contribution in [-0.2, 0) is 0 Å². The number of benzene rings is 3. The van der Waals surface area contributed by atoms with Crippen LogP contribution in [0, 0.1) is 5.82 Å². The highest BCUT2D eigenvalue weighted by atomic mass is 32.1. The zero-order valence-electron chi connectivity index (χ0n) is 24.9. The number of hydrogen-bond donors (Lipinski definition) is 0. The molecular weight excluding hydrogens is 593 g/mol. The van der Waals surface area contributed by atoms with Gasteiger partial charge in [-0.05, 0) is 73.5 Å². The van der Waals surface area contributed by atoms with E-state index in [0.29, 0.717) is 56.9 Å². The monoisotopic (exact) mass is 623 g/mol. The first-order valence-electron chi connectivity index (χ1n) is 14.5. The summed E-state index contributed by atoms with van der Waals surface area (Å²) in [6.07, 6.45) is 7.92. The molecule has 45 heavy (non-hydrogen) atoms. The lowest BCUT2D eigenvalue weighted by Crippen LogP contribution is -2.23. The summed E-state index contributed by atoms with van der Waals surface area (Å²) in [4.78, 5) is 18.4. The van der Waals surface area contributed by atoms with Gasteiger partial charge < -0.3 is 14.2 Å². The van der Waals surface area contributed by atoms with E-state index >= 15 is 0 Å². The van der Waals surface area contributed by atoms with E-state index in [9.17, 15) is 9.18 Å². The molecule has 0 aliphatic heterocycles. The SMILES string of the molecule is CCCOc1ccc(-c2nn(-c3ccccc3)cc2/C=c2\sc3nc(/C=C/c4ccc(OCC)c(OC)c4)nn3c2=O)cc1F. The van der Waals surface area contributed by atoms with Crippen molar-refractivity contribution in [1.29, 1.82) is 0 Å². The quantitative estimate of drug-likeness (QED) is 0.173. The zero-order chi connectivity index (χ0) is 31.3. The molecule has 0 bridgehead atoms. The van der Waals surface area contributed by atoms with Gasteiger partial charge in [-0.15, -0.1) is 5.10 Å². The van der Waals surface area contributed by atoms with Crippen molar-refractivity contribution in [2.75, 3.05) is 20.3 Å². The Morgan fingerprint density at radius 1 is 0.933 bits per heavy atom. The molecule has 0 radical (unpaired) electrons. The summed E-state index contributed by atoms with van der Waals surface area (Å²) in [7, 11) is 1.59. The second-order valence-corrected chi connectivity index (χ2v) is 11.0. The number of nitrogens with zero attached hydrogens (tertiary/aromatic N) is 5. The van der Waals surface area contributed by atoms with Gasteiger partial charge in [0.05, 0.1) is 30.5 Å². The van der Waals surface area contributed by atoms with Crippen LogP contribution in [-0.4, -0.2) is 44.7 Å². The van der Waals surface area contributed by atoms with Crippen LogP contribution in [0.15, 0.2) is 77.7 Å². The minimum atomic E-state index is -0.478. The molecule has 0 saturated heterocycles. The number of aromatic nitrogens is 5. The van der Waals surface area contributed by atoms with Crippen LogP contribution in [0.1, 0.15) is 37.2 Å². The fourth-order valence-electron chi connectivity index (χ4n) is 4.70. The normalized spacial score (nSPS) is 12.0. The van der Waals surface area contributed by atoms with Crippen LogP contribution in [0.2, 0.25) is 0 Å². The third kappa shape index (κ3) is 6.34. The predicted octanol–water partition coefficient (Wildman–Crippen LogP) is 6.06. The van der Waals surface area contributed by atoms with Crippen LogP contribution in [0.25, 0.3) is 40.1 Å². The second kappa shape index (κ2) is 13.1. The first kappa shape index (κ1) is 29.8. The number of halogens is 1. The van der Waals surface area contributed by atoms with Gasteiger partial charge in [0.25, 0.3) is 5.56 Å². The Kier molecular flexibility index (Phi) is 8.70. The molecule has 228 valence electrons. The van der Waals surface area contributed by atoms with Gasteiger partial charge >= 0.3 is 0 Å². The molecule has 0 spiro atoms. The standard InChI is InChI=1S/C34H30FN5O4S/c1-4-17-44-27-15-13-23(19-26(27)35)32-24(21-39(38-32)25-9-7-6-8-10-25)20-30-33(41)40-34(45-30)36-31(37-40)16-12-22-11-14-28(43-5-2)29(18-22)42-3/h6-16,18-21H,4-5,17H2,1-3H3/b16-12+,30-20-. The fraction of sp³-hybridized carbons (Fsp3) is 0.176. The molecule has 0 aliphatic carbocycles. The van der Waals surface area contributed by atoms with E-state index in [4.69, 9.17) is 19.3 Å². The van der Waals surface area contributed by atoms with Crippen LogP contribution in [0.3, 0.4) is 0 Å². The maximum absolute atomic E-state index is 15.0. The highest BCUT2D eigenvalue weighted by molar-refractivity contribution is 7.15. The second-order valence-electron chi connectivity index (χ2n) is 9.96. The lowest BCUT2D eigenvalue weighted by atomic mass is 10.1. The highest BCUT2D eigenvalue weighted by Gasteiger charge is 2.16. The van der Waals surface area contributed by atoms with Gasteiger partial charge in [-0.1, -0.05) is 48.6 Å². The number of rotatable bonds is 11. The summed E-state index contributed by atoms with van der Waals surface area (Å²) in [5.41, 5.74) is 3.11. The van der Waals surface area contributed by atoms with Crippen molar-refractivity contribution in [1.82, 2.24) is 24.4 Å². The Morgan fingerprint density at radius 2 is 1.76 bits per heavy atom. The van der Waals surface area contributed by atoms with Gasteiger partial charge in [0.2, 0.25) is 4.96 Å². The van der Waals surface area contributed by atoms with Crippen LogP contribution >= 0.6 is 11.3 Å². The third-order valence-corrected chi connectivity index (χ3v) is 7.79. The molecule has 0 aliphatic rings. The minimum Gasteiger partial charge on any atom is -0.493 e.